The molecule has 0 radical (unpaired) electrons. The first-order valence-electron chi connectivity index (χ1n) is 8.40. The third-order valence-corrected chi connectivity index (χ3v) is 4.59. The molecule has 1 aliphatic rings. The lowest BCUT2D eigenvalue weighted by Crippen LogP contribution is -2.15. The van der Waals surface area contributed by atoms with Gasteiger partial charge in [0, 0.05) is 55.5 Å². The second kappa shape index (κ2) is 6.46. The van der Waals surface area contributed by atoms with Crippen molar-refractivity contribution in [3.63, 3.8) is 0 Å². The minimum Gasteiger partial charge on any atom is -0.384 e. The number of nitro benzene ring substituents is 1. The second-order valence-corrected chi connectivity index (χ2v) is 6.13. The SMILES string of the molecule is O=[N+]([O-])c1ccc(NCCc2nnc3n2CCCC3)c2ccncc12. The smallest absolute Gasteiger partial charge is 0.278 e. The van der Waals surface area contributed by atoms with Crippen LogP contribution in [0.15, 0.2) is 30.6 Å². The molecule has 25 heavy (non-hydrogen) atoms. The van der Waals surface area contributed by atoms with E-state index in [2.05, 4.69) is 25.1 Å². The lowest BCUT2D eigenvalue weighted by atomic mass is 10.1. The first kappa shape index (κ1) is 15.5. The Labute approximate surface area is 144 Å². The minimum atomic E-state index is -0.379. The van der Waals surface area contributed by atoms with Crippen LogP contribution in [0.2, 0.25) is 0 Å². The number of aryl methyl sites for hydroxylation is 1. The molecule has 1 N–H and O–H groups in total. The molecule has 3 heterocycles. The number of hydrogen-bond donors (Lipinski definition) is 1. The van der Waals surface area contributed by atoms with Gasteiger partial charge in [-0.3, -0.25) is 15.1 Å². The van der Waals surface area contributed by atoms with Crippen molar-refractivity contribution in [1.29, 1.82) is 0 Å². The normalized spacial score (nSPS) is 13.6. The summed E-state index contributed by atoms with van der Waals surface area (Å²) in [6, 6.07) is 5.06. The fourth-order valence-electron chi connectivity index (χ4n) is 3.35. The van der Waals surface area contributed by atoms with Crippen LogP contribution >= 0.6 is 0 Å². The molecule has 0 spiro atoms. The van der Waals surface area contributed by atoms with E-state index in [0.717, 1.165) is 42.1 Å². The van der Waals surface area contributed by atoms with Crippen LogP contribution in [0, 0.1) is 10.1 Å². The highest BCUT2D eigenvalue weighted by Gasteiger charge is 2.16. The summed E-state index contributed by atoms with van der Waals surface area (Å²) in [7, 11) is 0. The summed E-state index contributed by atoms with van der Waals surface area (Å²) in [6.45, 7) is 1.68. The summed E-state index contributed by atoms with van der Waals surface area (Å²) in [5.41, 5.74) is 0.932. The molecule has 1 aromatic carbocycles. The fraction of sp³-hybridized carbons (Fsp3) is 0.353. The van der Waals surface area contributed by atoms with E-state index in [-0.39, 0.29) is 10.6 Å². The maximum atomic E-state index is 11.2. The predicted octanol–water partition coefficient (Wildman–Crippen LogP) is 2.73. The van der Waals surface area contributed by atoms with Crippen molar-refractivity contribution < 1.29 is 4.92 Å². The van der Waals surface area contributed by atoms with Gasteiger partial charge in [0.15, 0.2) is 0 Å². The highest BCUT2D eigenvalue weighted by atomic mass is 16.6. The Hall–Kier alpha value is -3.03. The van der Waals surface area contributed by atoms with Crippen molar-refractivity contribution in [2.24, 2.45) is 0 Å². The van der Waals surface area contributed by atoms with E-state index >= 15 is 0 Å². The Kier molecular flexibility index (Phi) is 4.01. The van der Waals surface area contributed by atoms with Crippen molar-refractivity contribution in [3.05, 3.63) is 52.4 Å². The van der Waals surface area contributed by atoms with Gasteiger partial charge in [0.25, 0.3) is 5.69 Å². The molecule has 0 unspecified atom stereocenters. The lowest BCUT2D eigenvalue weighted by molar-refractivity contribution is -0.383. The first-order valence-corrected chi connectivity index (χ1v) is 8.40. The van der Waals surface area contributed by atoms with Crippen molar-refractivity contribution in [2.45, 2.75) is 32.2 Å². The summed E-state index contributed by atoms with van der Waals surface area (Å²) >= 11 is 0. The summed E-state index contributed by atoms with van der Waals surface area (Å²) < 4.78 is 2.21. The molecule has 1 aliphatic heterocycles. The zero-order valence-electron chi connectivity index (χ0n) is 13.7. The first-order chi connectivity index (χ1) is 12.2. The van der Waals surface area contributed by atoms with Gasteiger partial charge in [0.1, 0.15) is 11.6 Å². The molecule has 8 heteroatoms. The number of benzene rings is 1. The molecule has 0 amide bonds. The van der Waals surface area contributed by atoms with E-state index in [0.29, 0.717) is 11.9 Å². The largest absolute Gasteiger partial charge is 0.384 e. The summed E-state index contributed by atoms with van der Waals surface area (Å²) in [6.07, 6.45) is 7.29. The number of rotatable bonds is 5. The molecular weight excluding hydrogens is 320 g/mol. The quantitative estimate of drug-likeness (QED) is 0.567. The molecule has 0 saturated heterocycles. The van der Waals surface area contributed by atoms with Crippen molar-refractivity contribution in [1.82, 2.24) is 19.7 Å². The highest BCUT2D eigenvalue weighted by Crippen LogP contribution is 2.30. The number of non-ortho nitro benzene ring substituents is 1. The summed E-state index contributed by atoms with van der Waals surface area (Å²) in [5, 5.41) is 24.4. The number of anilines is 1. The predicted molar refractivity (Wildman–Crippen MR) is 93.6 cm³/mol. The second-order valence-electron chi connectivity index (χ2n) is 6.13. The number of nitrogens with one attached hydrogen (secondary N) is 1. The van der Waals surface area contributed by atoms with Gasteiger partial charge in [-0.2, -0.15) is 0 Å². The maximum absolute atomic E-state index is 11.2. The highest BCUT2D eigenvalue weighted by molar-refractivity contribution is 5.99. The van der Waals surface area contributed by atoms with E-state index in [1.165, 1.54) is 25.1 Å². The van der Waals surface area contributed by atoms with Crippen LogP contribution in [0.4, 0.5) is 11.4 Å². The van der Waals surface area contributed by atoms with Crippen LogP contribution in [-0.2, 0) is 19.4 Å². The number of fused-ring (bicyclic) bond motifs is 2. The van der Waals surface area contributed by atoms with Crippen molar-refractivity contribution >= 4 is 22.1 Å². The van der Waals surface area contributed by atoms with Gasteiger partial charge in [0.05, 0.1) is 10.3 Å². The van der Waals surface area contributed by atoms with Gasteiger partial charge < -0.3 is 9.88 Å². The van der Waals surface area contributed by atoms with Crippen LogP contribution in [-0.4, -0.2) is 31.2 Å². The topological polar surface area (TPSA) is 98.8 Å². The molecule has 128 valence electrons. The number of pyridine rings is 1. The van der Waals surface area contributed by atoms with Gasteiger partial charge in [-0.15, -0.1) is 10.2 Å². The molecule has 0 atom stereocenters. The summed E-state index contributed by atoms with van der Waals surface area (Å²) in [5.74, 6) is 2.07. The van der Waals surface area contributed by atoms with Crippen LogP contribution < -0.4 is 5.32 Å². The number of aromatic nitrogens is 4. The van der Waals surface area contributed by atoms with Gasteiger partial charge in [0.2, 0.25) is 0 Å². The molecule has 8 nitrogen and oxygen atoms in total. The Balaban J connectivity index is 1.53. The Bertz CT molecular complexity index is 936. The van der Waals surface area contributed by atoms with Crippen molar-refractivity contribution in [2.75, 3.05) is 11.9 Å². The molecule has 0 saturated carbocycles. The number of nitrogens with zero attached hydrogens (tertiary/aromatic N) is 5. The van der Waals surface area contributed by atoms with Crippen LogP contribution in [0.3, 0.4) is 0 Å². The van der Waals surface area contributed by atoms with Crippen LogP contribution in [0.1, 0.15) is 24.5 Å². The van der Waals surface area contributed by atoms with E-state index in [4.69, 9.17) is 0 Å². The fourth-order valence-corrected chi connectivity index (χ4v) is 3.35. The van der Waals surface area contributed by atoms with Gasteiger partial charge in [-0.1, -0.05) is 0 Å². The molecule has 2 aromatic heterocycles. The average Bonchev–Trinajstić information content (AvgIpc) is 3.05. The maximum Gasteiger partial charge on any atom is 0.278 e. The molecule has 4 rings (SSSR count). The van der Waals surface area contributed by atoms with E-state index in [9.17, 15) is 10.1 Å². The Morgan fingerprint density at radius 1 is 1.20 bits per heavy atom. The zero-order chi connectivity index (χ0) is 17.2. The zero-order valence-corrected chi connectivity index (χ0v) is 13.7. The van der Waals surface area contributed by atoms with E-state index < -0.39 is 0 Å². The molecule has 0 bridgehead atoms. The summed E-state index contributed by atoms with van der Waals surface area (Å²) in [4.78, 5) is 14.8. The molecule has 0 aliphatic carbocycles. The van der Waals surface area contributed by atoms with E-state index in [1.807, 2.05) is 0 Å². The number of hydrogen-bond acceptors (Lipinski definition) is 6. The van der Waals surface area contributed by atoms with Gasteiger partial charge in [-0.05, 0) is 25.0 Å². The molecular formula is C17H18N6O2. The van der Waals surface area contributed by atoms with E-state index in [1.54, 1.807) is 18.3 Å². The monoisotopic (exact) mass is 338 g/mol. The third kappa shape index (κ3) is 2.90. The minimum absolute atomic E-state index is 0.0696. The third-order valence-electron chi connectivity index (χ3n) is 4.59. The number of nitro groups is 1. The molecule has 0 fully saturated rings. The molecule has 3 aromatic rings. The Morgan fingerprint density at radius 3 is 3.00 bits per heavy atom. The van der Waals surface area contributed by atoms with Gasteiger partial charge >= 0.3 is 0 Å². The Morgan fingerprint density at radius 2 is 2.12 bits per heavy atom. The van der Waals surface area contributed by atoms with Crippen LogP contribution in [0.5, 0.6) is 0 Å². The lowest BCUT2D eigenvalue weighted by Gasteiger charge is -2.15. The van der Waals surface area contributed by atoms with Crippen LogP contribution in [0.25, 0.3) is 10.8 Å². The van der Waals surface area contributed by atoms with Crippen molar-refractivity contribution in [3.8, 4) is 0 Å². The van der Waals surface area contributed by atoms with Gasteiger partial charge in [-0.25, -0.2) is 0 Å². The standard InChI is InChI=1S/C17H18N6O2/c24-23(25)15-5-4-14(12-6-8-18-11-13(12)15)19-9-7-17-21-20-16-3-1-2-10-22(16)17/h4-6,8,11,19H,1-3,7,9-10H2. The average molecular weight is 338 g/mol.